The van der Waals surface area contributed by atoms with Gasteiger partial charge >= 0.3 is 0 Å². The SMILES string of the molecule is CCCNC(C)C(=O)NC1CCCCCC1. The molecule has 0 saturated heterocycles. The highest BCUT2D eigenvalue weighted by molar-refractivity contribution is 5.81. The third-order valence-corrected chi connectivity index (χ3v) is 3.30. The Hall–Kier alpha value is -0.570. The van der Waals surface area contributed by atoms with Gasteiger partial charge in [0, 0.05) is 6.04 Å². The first-order valence-corrected chi connectivity index (χ1v) is 6.77. The van der Waals surface area contributed by atoms with E-state index in [1.54, 1.807) is 0 Å². The molecule has 16 heavy (non-hydrogen) atoms. The van der Waals surface area contributed by atoms with Gasteiger partial charge in [0.2, 0.25) is 5.91 Å². The Morgan fingerprint density at radius 2 is 1.88 bits per heavy atom. The number of nitrogens with one attached hydrogen (secondary N) is 2. The normalized spacial score (nSPS) is 20.1. The Balaban J connectivity index is 2.25. The lowest BCUT2D eigenvalue weighted by Crippen LogP contribution is -2.46. The lowest BCUT2D eigenvalue weighted by atomic mass is 10.1. The quantitative estimate of drug-likeness (QED) is 0.706. The van der Waals surface area contributed by atoms with Crippen LogP contribution < -0.4 is 10.6 Å². The second-order valence-corrected chi connectivity index (χ2v) is 4.87. The molecular formula is C13H26N2O. The highest BCUT2D eigenvalue weighted by Gasteiger charge is 2.17. The lowest BCUT2D eigenvalue weighted by Gasteiger charge is -2.20. The van der Waals surface area contributed by atoms with Crippen molar-refractivity contribution in [3.05, 3.63) is 0 Å². The van der Waals surface area contributed by atoms with Crippen LogP contribution in [0.2, 0.25) is 0 Å². The molecule has 2 N–H and O–H groups in total. The minimum absolute atomic E-state index is 0.0526. The van der Waals surface area contributed by atoms with Crippen molar-refractivity contribution in [2.45, 2.75) is 70.9 Å². The molecule has 3 nitrogen and oxygen atoms in total. The highest BCUT2D eigenvalue weighted by atomic mass is 16.2. The van der Waals surface area contributed by atoms with Crippen LogP contribution in [0.3, 0.4) is 0 Å². The molecule has 0 spiro atoms. The first-order chi connectivity index (χ1) is 7.74. The van der Waals surface area contributed by atoms with Crippen LogP contribution in [0.15, 0.2) is 0 Å². The summed E-state index contributed by atoms with van der Waals surface area (Å²) in [4.78, 5) is 11.9. The van der Waals surface area contributed by atoms with E-state index in [-0.39, 0.29) is 11.9 Å². The second kappa shape index (κ2) is 7.66. The Morgan fingerprint density at radius 1 is 1.25 bits per heavy atom. The van der Waals surface area contributed by atoms with E-state index in [1.165, 1.54) is 25.7 Å². The summed E-state index contributed by atoms with van der Waals surface area (Å²) >= 11 is 0. The highest BCUT2D eigenvalue weighted by Crippen LogP contribution is 2.17. The largest absolute Gasteiger partial charge is 0.352 e. The summed E-state index contributed by atoms with van der Waals surface area (Å²) in [5.41, 5.74) is 0. The summed E-state index contributed by atoms with van der Waals surface area (Å²) in [6, 6.07) is 0.365. The molecule has 0 bridgehead atoms. The molecule has 0 aromatic rings. The van der Waals surface area contributed by atoms with E-state index in [4.69, 9.17) is 0 Å². The molecule has 1 aliphatic rings. The minimum atomic E-state index is -0.0526. The van der Waals surface area contributed by atoms with E-state index in [1.807, 2.05) is 6.92 Å². The van der Waals surface area contributed by atoms with Crippen molar-refractivity contribution < 1.29 is 4.79 Å². The Labute approximate surface area is 99.4 Å². The third-order valence-electron chi connectivity index (χ3n) is 3.30. The van der Waals surface area contributed by atoms with Crippen molar-refractivity contribution in [3.63, 3.8) is 0 Å². The summed E-state index contributed by atoms with van der Waals surface area (Å²) in [5.74, 6) is 0.167. The molecule has 0 aliphatic heterocycles. The molecule has 1 aliphatic carbocycles. The Bertz CT molecular complexity index is 198. The molecule has 1 atom stereocenters. The Kier molecular flexibility index (Phi) is 6.46. The molecule has 1 fully saturated rings. The van der Waals surface area contributed by atoms with Gasteiger partial charge in [-0.15, -0.1) is 0 Å². The fourth-order valence-corrected chi connectivity index (χ4v) is 2.20. The first kappa shape index (κ1) is 13.5. The van der Waals surface area contributed by atoms with Crippen LogP contribution in [0.1, 0.15) is 58.8 Å². The van der Waals surface area contributed by atoms with Crippen molar-refractivity contribution in [1.82, 2.24) is 10.6 Å². The van der Waals surface area contributed by atoms with Crippen molar-refractivity contribution >= 4 is 5.91 Å². The monoisotopic (exact) mass is 226 g/mol. The lowest BCUT2D eigenvalue weighted by molar-refractivity contribution is -0.123. The Morgan fingerprint density at radius 3 is 2.44 bits per heavy atom. The minimum Gasteiger partial charge on any atom is -0.352 e. The van der Waals surface area contributed by atoms with Crippen LogP contribution in [-0.4, -0.2) is 24.5 Å². The van der Waals surface area contributed by atoms with Gasteiger partial charge in [-0.3, -0.25) is 4.79 Å². The van der Waals surface area contributed by atoms with E-state index < -0.39 is 0 Å². The van der Waals surface area contributed by atoms with Crippen molar-refractivity contribution in [3.8, 4) is 0 Å². The number of hydrogen-bond donors (Lipinski definition) is 2. The number of hydrogen-bond acceptors (Lipinski definition) is 2. The van der Waals surface area contributed by atoms with Crippen molar-refractivity contribution in [1.29, 1.82) is 0 Å². The summed E-state index contributed by atoms with van der Waals surface area (Å²) in [7, 11) is 0. The summed E-state index contributed by atoms with van der Waals surface area (Å²) < 4.78 is 0. The van der Waals surface area contributed by atoms with Crippen LogP contribution in [0.4, 0.5) is 0 Å². The average Bonchev–Trinajstić information content (AvgIpc) is 2.54. The maximum atomic E-state index is 11.9. The third kappa shape index (κ3) is 4.97. The number of carbonyl (C=O) groups is 1. The average molecular weight is 226 g/mol. The standard InChI is InChI=1S/C13H26N2O/c1-3-10-14-11(2)13(16)15-12-8-6-4-5-7-9-12/h11-12,14H,3-10H2,1-2H3,(H,15,16). The van der Waals surface area contributed by atoms with E-state index in [0.29, 0.717) is 6.04 Å². The smallest absolute Gasteiger partial charge is 0.237 e. The van der Waals surface area contributed by atoms with Crippen LogP contribution >= 0.6 is 0 Å². The molecule has 1 rings (SSSR count). The maximum absolute atomic E-state index is 11.9. The molecule has 1 saturated carbocycles. The van der Waals surface area contributed by atoms with Gasteiger partial charge in [0.25, 0.3) is 0 Å². The molecule has 94 valence electrons. The molecule has 3 heteroatoms. The topological polar surface area (TPSA) is 41.1 Å². The first-order valence-electron chi connectivity index (χ1n) is 6.77. The molecule has 0 aromatic carbocycles. The van der Waals surface area contributed by atoms with E-state index in [2.05, 4.69) is 17.6 Å². The van der Waals surface area contributed by atoms with Crippen molar-refractivity contribution in [2.75, 3.05) is 6.54 Å². The van der Waals surface area contributed by atoms with Crippen LogP contribution in [0.5, 0.6) is 0 Å². The molecule has 0 aromatic heterocycles. The van der Waals surface area contributed by atoms with Crippen molar-refractivity contribution in [2.24, 2.45) is 0 Å². The molecule has 0 heterocycles. The predicted molar refractivity (Wildman–Crippen MR) is 67.4 cm³/mol. The fourth-order valence-electron chi connectivity index (χ4n) is 2.20. The van der Waals surface area contributed by atoms with E-state index >= 15 is 0 Å². The van der Waals surface area contributed by atoms with Crippen LogP contribution in [0.25, 0.3) is 0 Å². The van der Waals surface area contributed by atoms with Gasteiger partial charge in [-0.05, 0) is 32.7 Å². The van der Waals surface area contributed by atoms with Crippen LogP contribution in [0, 0.1) is 0 Å². The maximum Gasteiger partial charge on any atom is 0.237 e. The number of amides is 1. The predicted octanol–water partition coefficient (Wildman–Crippen LogP) is 2.21. The van der Waals surface area contributed by atoms with Gasteiger partial charge in [-0.1, -0.05) is 32.6 Å². The summed E-state index contributed by atoms with van der Waals surface area (Å²) in [5, 5.41) is 6.39. The summed E-state index contributed by atoms with van der Waals surface area (Å²) in [6.07, 6.45) is 8.58. The fraction of sp³-hybridized carbons (Fsp3) is 0.923. The van der Waals surface area contributed by atoms with Crippen LogP contribution in [-0.2, 0) is 4.79 Å². The number of carbonyl (C=O) groups excluding carboxylic acids is 1. The second-order valence-electron chi connectivity index (χ2n) is 4.87. The zero-order chi connectivity index (χ0) is 11.8. The van der Waals surface area contributed by atoms with Gasteiger partial charge in [-0.2, -0.15) is 0 Å². The zero-order valence-electron chi connectivity index (χ0n) is 10.7. The van der Waals surface area contributed by atoms with Gasteiger partial charge < -0.3 is 10.6 Å². The molecular weight excluding hydrogens is 200 g/mol. The van der Waals surface area contributed by atoms with Gasteiger partial charge in [0.15, 0.2) is 0 Å². The molecule has 1 amide bonds. The number of rotatable bonds is 5. The van der Waals surface area contributed by atoms with E-state index in [0.717, 1.165) is 25.8 Å². The zero-order valence-corrected chi connectivity index (χ0v) is 10.7. The van der Waals surface area contributed by atoms with Gasteiger partial charge in [-0.25, -0.2) is 0 Å². The van der Waals surface area contributed by atoms with Gasteiger partial charge in [0.05, 0.1) is 6.04 Å². The molecule has 0 radical (unpaired) electrons. The van der Waals surface area contributed by atoms with E-state index in [9.17, 15) is 4.79 Å². The summed E-state index contributed by atoms with van der Waals surface area (Å²) in [6.45, 7) is 4.98. The molecule has 1 unspecified atom stereocenters. The van der Waals surface area contributed by atoms with Gasteiger partial charge in [0.1, 0.15) is 0 Å².